The van der Waals surface area contributed by atoms with Crippen LogP contribution in [0.5, 0.6) is 0 Å². The Labute approximate surface area is 135 Å². The molecule has 6 nitrogen and oxygen atoms in total. The Bertz CT molecular complexity index is 672. The molecule has 1 unspecified atom stereocenters. The van der Waals surface area contributed by atoms with Crippen LogP contribution in [0, 0.1) is 31.1 Å². The first-order valence-electron chi connectivity index (χ1n) is 7.24. The number of benzene rings is 1. The zero-order chi connectivity index (χ0) is 17.6. The number of nitrogens with zero attached hydrogens (tertiary/aromatic N) is 1. The Kier molecular flexibility index (Phi) is 6.34. The van der Waals surface area contributed by atoms with E-state index in [0.717, 1.165) is 17.3 Å². The topological polar surface area (TPSA) is 102 Å². The molecular formula is C17H21N3O3. The van der Waals surface area contributed by atoms with Gasteiger partial charge in [-0.15, -0.1) is 0 Å². The minimum Gasteiger partial charge on any atom is -0.480 e. The number of anilines is 1. The lowest BCUT2D eigenvalue weighted by Crippen LogP contribution is -2.38. The van der Waals surface area contributed by atoms with E-state index in [1.807, 2.05) is 26.0 Å². The van der Waals surface area contributed by atoms with Crippen LogP contribution < -0.4 is 10.6 Å². The predicted molar refractivity (Wildman–Crippen MR) is 87.6 cm³/mol. The summed E-state index contributed by atoms with van der Waals surface area (Å²) in [6, 6.07) is 6.45. The maximum absolute atomic E-state index is 12.1. The first-order chi connectivity index (χ1) is 10.8. The third-order valence-electron chi connectivity index (χ3n) is 3.34. The highest BCUT2D eigenvalue weighted by atomic mass is 16.4. The number of carboxylic acid groups (broad SMARTS) is 1. The Morgan fingerprint density at radius 2 is 1.96 bits per heavy atom. The van der Waals surface area contributed by atoms with Gasteiger partial charge in [-0.25, -0.2) is 4.79 Å². The molecule has 1 aromatic rings. The molecular weight excluding hydrogens is 294 g/mol. The maximum atomic E-state index is 12.1. The molecule has 0 saturated heterocycles. The van der Waals surface area contributed by atoms with Crippen LogP contribution in [-0.4, -0.2) is 23.0 Å². The second kappa shape index (κ2) is 7.99. The minimum absolute atomic E-state index is 0.183. The van der Waals surface area contributed by atoms with E-state index in [1.54, 1.807) is 26.0 Å². The van der Waals surface area contributed by atoms with Gasteiger partial charge in [-0.2, -0.15) is 5.26 Å². The van der Waals surface area contributed by atoms with Crippen LogP contribution in [0.3, 0.4) is 0 Å². The van der Waals surface area contributed by atoms with Crippen LogP contribution in [-0.2, 0) is 9.59 Å². The van der Waals surface area contributed by atoms with Crippen LogP contribution in [0.1, 0.15) is 25.0 Å². The summed E-state index contributed by atoms with van der Waals surface area (Å²) >= 11 is 0. The summed E-state index contributed by atoms with van der Waals surface area (Å²) in [6.07, 6.45) is 1.15. The fourth-order valence-corrected chi connectivity index (χ4v) is 2.01. The summed E-state index contributed by atoms with van der Waals surface area (Å²) in [5.74, 6) is -1.81. The van der Waals surface area contributed by atoms with Gasteiger partial charge in [0.05, 0.1) is 0 Å². The minimum atomic E-state index is -1.04. The zero-order valence-electron chi connectivity index (χ0n) is 13.7. The smallest absolute Gasteiger partial charge is 0.326 e. The lowest BCUT2D eigenvalue weighted by molar-refractivity contribution is -0.140. The molecule has 23 heavy (non-hydrogen) atoms. The fraction of sp³-hybridized carbons (Fsp3) is 0.353. The summed E-state index contributed by atoms with van der Waals surface area (Å²) in [5.41, 5.74) is 2.38. The third kappa shape index (κ3) is 5.15. The fourth-order valence-electron chi connectivity index (χ4n) is 2.01. The number of hydrogen-bond acceptors (Lipinski definition) is 4. The van der Waals surface area contributed by atoms with Gasteiger partial charge in [-0.05, 0) is 31.4 Å². The molecule has 0 radical (unpaired) electrons. The van der Waals surface area contributed by atoms with Crippen molar-refractivity contribution in [1.29, 1.82) is 5.26 Å². The molecule has 1 rings (SSSR count). The highest BCUT2D eigenvalue weighted by Crippen LogP contribution is 2.16. The van der Waals surface area contributed by atoms with Gasteiger partial charge in [0.25, 0.3) is 5.91 Å². The number of aryl methyl sites for hydroxylation is 2. The summed E-state index contributed by atoms with van der Waals surface area (Å²) in [4.78, 5) is 23.2. The lowest BCUT2D eigenvalue weighted by atomic mass is 10.1. The van der Waals surface area contributed by atoms with Gasteiger partial charge in [0.2, 0.25) is 0 Å². The highest BCUT2D eigenvalue weighted by molar-refractivity contribution is 6.06. The SMILES string of the molecule is Cc1ccc(NC(=O)/C(C#N)=C\NC(C(=O)O)C(C)C)c(C)c1. The van der Waals surface area contributed by atoms with Gasteiger partial charge in [-0.3, -0.25) is 4.79 Å². The normalized spacial score (nSPS) is 12.4. The number of amides is 1. The number of carboxylic acids is 1. The molecule has 3 N–H and O–H groups in total. The molecule has 1 atom stereocenters. The number of nitriles is 1. The Hall–Kier alpha value is -2.81. The van der Waals surface area contributed by atoms with Gasteiger partial charge in [0.1, 0.15) is 17.7 Å². The average Bonchev–Trinajstić information content (AvgIpc) is 2.45. The number of hydrogen-bond donors (Lipinski definition) is 3. The van der Waals surface area contributed by atoms with Crippen molar-refractivity contribution < 1.29 is 14.7 Å². The molecule has 0 aliphatic rings. The highest BCUT2D eigenvalue weighted by Gasteiger charge is 2.20. The van der Waals surface area contributed by atoms with Gasteiger partial charge in [0, 0.05) is 11.9 Å². The van der Waals surface area contributed by atoms with Crippen molar-refractivity contribution in [2.45, 2.75) is 33.7 Å². The largest absolute Gasteiger partial charge is 0.480 e. The first-order valence-corrected chi connectivity index (χ1v) is 7.24. The van der Waals surface area contributed by atoms with Crippen molar-refractivity contribution in [2.75, 3.05) is 5.32 Å². The Morgan fingerprint density at radius 3 is 2.43 bits per heavy atom. The van der Waals surface area contributed by atoms with Gasteiger partial charge in [0.15, 0.2) is 0 Å². The summed E-state index contributed by atoms with van der Waals surface area (Å²) < 4.78 is 0. The second-order valence-corrected chi connectivity index (χ2v) is 5.67. The van der Waals surface area contributed by atoms with Crippen LogP contribution in [0.25, 0.3) is 0 Å². The molecule has 0 heterocycles. The molecule has 6 heteroatoms. The zero-order valence-corrected chi connectivity index (χ0v) is 13.7. The number of aliphatic carboxylic acids is 1. The summed E-state index contributed by atoms with van der Waals surface area (Å²) in [5, 5.41) is 23.5. The van der Waals surface area contributed by atoms with Crippen LogP contribution >= 0.6 is 0 Å². The van der Waals surface area contributed by atoms with E-state index in [2.05, 4.69) is 10.6 Å². The monoisotopic (exact) mass is 315 g/mol. The molecule has 1 amide bonds. The van der Waals surface area contributed by atoms with E-state index < -0.39 is 17.9 Å². The van der Waals surface area contributed by atoms with Gasteiger partial charge in [-0.1, -0.05) is 31.5 Å². The summed E-state index contributed by atoms with van der Waals surface area (Å²) in [7, 11) is 0. The standard InChI is InChI=1S/C17H21N3O3/c1-10(2)15(17(22)23)19-9-13(8-18)16(21)20-14-6-5-11(3)7-12(14)4/h5-7,9-10,15,19H,1-4H3,(H,20,21)(H,22,23)/b13-9-. The van der Waals surface area contributed by atoms with Gasteiger partial charge >= 0.3 is 5.97 Å². The van der Waals surface area contributed by atoms with Crippen molar-refractivity contribution in [1.82, 2.24) is 5.32 Å². The second-order valence-electron chi connectivity index (χ2n) is 5.67. The van der Waals surface area contributed by atoms with Crippen LogP contribution in [0.2, 0.25) is 0 Å². The lowest BCUT2D eigenvalue weighted by Gasteiger charge is -2.16. The van der Waals surface area contributed by atoms with E-state index in [-0.39, 0.29) is 11.5 Å². The molecule has 0 bridgehead atoms. The molecule has 0 aromatic heterocycles. The molecule has 0 spiro atoms. The van der Waals surface area contributed by atoms with E-state index in [9.17, 15) is 9.59 Å². The number of carbonyl (C=O) groups excluding carboxylic acids is 1. The van der Waals surface area contributed by atoms with Crippen LogP contribution in [0.4, 0.5) is 5.69 Å². The van der Waals surface area contributed by atoms with Crippen molar-refractivity contribution in [2.24, 2.45) is 5.92 Å². The first kappa shape index (κ1) is 18.2. The Balaban J connectivity index is 2.88. The average molecular weight is 315 g/mol. The third-order valence-corrected chi connectivity index (χ3v) is 3.34. The van der Waals surface area contributed by atoms with Crippen LogP contribution in [0.15, 0.2) is 30.0 Å². The number of nitrogens with one attached hydrogen (secondary N) is 2. The molecule has 0 fully saturated rings. The van der Waals surface area contributed by atoms with Gasteiger partial charge < -0.3 is 15.7 Å². The molecule has 1 aromatic carbocycles. The molecule has 0 aliphatic heterocycles. The van der Waals surface area contributed by atoms with E-state index in [1.165, 1.54) is 0 Å². The summed E-state index contributed by atoms with van der Waals surface area (Å²) in [6.45, 7) is 7.28. The van der Waals surface area contributed by atoms with Crippen molar-refractivity contribution in [3.63, 3.8) is 0 Å². The predicted octanol–water partition coefficient (Wildman–Crippen LogP) is 2.35. The van der Waals surface area contributed by atoms with E-state index >= 15 is 0 Å². The van der Waals surface area contributed by atoms with Crippen molar-refractivity contribution in [3.8, 4) is 6.07 Å². The van der Waals surface area contributed by atoms with E-state index in [4.69, 9.17) is 10.4 Å². The maximum Gasteiger partial charge on any atom is 0.326 e. The molecule has 0 saturated carbocycles. The van der Waals surface area contributed by atoms with Crippen molar-refractivity contribution in [3.05, 3.63) is 41.1 Å². The quantitative estimate of drug-likeness (QED) is 0.552. The number of rotatable bonds is 6. The molecule has 122 valence electrons. The molecule has 0 aliphatic carbocycles. The van der Waals surface area contributed by atoms with Crippen molar-refractivity contribution >= 4 is 17.6 Å². The van der Waals surface area contributed by atoms with E-state index in [0.29, 0.717) is 5.69 Å². The Morgan fingerprint density at radius 1 is 1.30 bits per heavy atom. The number of carbonyl (C=O) groups is 2.